The van der Waals surface area contributed by atoms with Crippen molar-refractivity contribution in [2.75, 3.05) is 5.32 Å². The number of rotatable bonds is 6. The summed E-state index contributed by atoms with van der Waals surface area (Å²) in [5, 5.41) is 6.62. The Labute approximate surface area is 129 Å². The Morgan fingerprint density at radius 3 is 2.43 bits per heavy atom. The maximum Gasteiger partial charge on any atom is 0.0999 e. The number of aryl methyl sites for hydroxylation is 1. The van der Waals surface area contributed by atoms with E-state index in [0.29, 0.717) is 0 Å². The van der Waals surface area contributed by atoms with Crippen molar-refractivity contribution in [3.05, 3.63) is 66.2 Å². The van der Waals surface area contributed by atoms with Gasteiger partial charge in [-0.1, -0.05) is 53.0 Å². The van der Waals surface area contributed by atoms with Crippen molar-refractivity contribution in [2.45, 2.75) is 41.0 Å². The van der Waals surface area contributed by atoms with Gasteiger partial charge in [-0.05, 0) is 48.1 Å². The van der Waals surface area contributed by atoms with E-state index in [1.807, 2.05) is 12.1 Å². The number of benzene rings is 1. The van der Waals surface area contributed by atoms with Crippen molar-refractivity contribution < 1.29 is 0 Å². The van der Waals surface area contributed by atoms with Gasteiger partial charge in [0.05, 0.1) is 5.82 Å². The Bertz CT molecular complexity index is 545. The number of allylic oxidation sites excluding steroid dienone is 3. The van der Waals surface area contributed by atoms with Crippen molar-refractivity contribution in [3.8, 4) is 0 Å². The highest BCUT2D eigenvalue weighted by molar-refractivity contribution is 5.49. The van der Waals surface area contributed by atoms with Gasteiger partial charge in [0.15, 0.2) is 0 Å². The predicted molar refractivity (Wildman–Crippen MR) is 94.0 cm³/mol. The quantitative estimate of drug-likeness (QED) is 0.687. The van der Waals surface area contributed by atoms with Crippen LogP contribution in [-0.2, 0) is 0 Å². The molecule has 0 aliphatic heterocycles. The molecule has 0 saturated carbocycles. The normalized spacial score (nSPS) is 12.0. The first kappa shape index (κ1) is 17.1. The Morgan fingerprint density at radius 2 is 1.90 bits per heavy atom. The summed E-state index contributed by atoms with van der Waals surface area (Å²) in [6, 6.07) is 8.23. The molecular formula is C19H28N2. The van der Waals surface area contributed by atoms with E-state index in [9.17, 15) is 0 Å². The van der Waals surface area contributed by atoms with Gasteiger partial charge in [0.2, 0.25) is 0 Å². The molecule has 1 rings (SSSR count). The average Bonchev–Trinajstić information content (AvgIpc) is 2.36. The van der Waals surface area contributed by atoms with Crippen LogP contribution in [0.25, 0.3) is 0 Å². The van der Waals surface area contributed by atoms with E-state index in [-0.39, 0.29) is 5.41 Å². The van der Waals surface area contributed by atoms with Gasteiger partial charge >= 0.3 is 0 Å². The third kappa shape index (κ3) is 5.90. The molecule has 0 bridgehead atoms. The van der Waals surface area contributed by atoms with E-state index >= 15 is 0 Å². The molecule has 0 atom stereocenters. The summed E-state index contributed by atoms with van der Waals surface area (Å²) in [5.41, 5.74) is 4.56. The van der Waals surface area contributed by atoms with Crippen molar-refractivity contribution in [1.29, 1.82) is 0 Å². The minimum Gasteiger partial charge on any atom is -0.346 e. The summed E-state index contributed by atoms with van der Waals surface area (Å²) in [6.07, 6.45) is 3.02. The van der Waals surface area contributed by atoms with Crippen LogP contribution in [0.5, 0.6) is 0 Å². The number of nitrogens with one attached hydrogen (secondary N) is 2. The highest BCUT2D eigenvalue weighted by Crippen LogP contribution is 2.25. The molecule has 0 amide bonds. The lowest BCUT2D eigenvalue weighted by atomic mass is 9.87. The van der Waals surface area contributed by atoms with Crippen LogP contribution in [0.1, 0.15) is 39.7 Å². The first-order valence-corrected chi connectivity index (χ1v) is 7.42. The van der Waals surface area contributed by atoms with Gasteiger partial charge in [0.1, 0.15) is 0 Å². The Hall–Kier alpha value is -1.96. The first-order valence-electron chi connectivity index (χ1n) is 7.42. The van der Waals surface area contributed by atoms with Crippen LogP contribution in [0.15, 0.2) is 60.6 Å². The molecule has 2 heteroatoms. The number of hydrogen-bond acceptors (Lipinski definition) is 2. The molecule has 0 spiro atoms. The summed E-state index contributed by atoms with van der Waals surface area (Å²) in [4.78, 5) is 0. The number of anilines is 1. The molecule has 0 aliphatic carbocycles. The van der Waals surface area contributed by atoms with Crippen LogP contribution < -0.4 is 10.6 Å². The fraction of sp³-hybridized carbons (Fsp3) is 0.368. The van der Waals surface area contributed by atoms with E-state index in [1.165, 1.54) is 5.56 Å². The van der Waals surface area contributed by atoms with Crippen molar-refractivity contribution >= 4 is 5.69 Å². The lowest BCUT2D eigenvalue weighted by Crippen LogP contribution is -2.19. The van der Waals surface area contributed by atoms with Crippen LogP contribution in [0.4, 0.5) is 5.69 Å². The molecule has 0 heterocycles. The van der Waals surface area contributed by atoms with Gasteiger partial charge in [-0.15, -0.1) is 0 Å². The summed E-state index contributed by atoms with van der Waals surface area (Å²) >= 11 is 0. The predicted octanol–water partition coefficient (Wildman–Crippen LogP) is 5.36. The maximum atomic E-state index is 4.15. The van der Waals surface area contributed by atoms with E-state index in [0.717, 1.165) is 29.2 Å². The molecule has 0 aliphatic rings. The third-order valence-corrected chi connectivity index (χ3v) is 3.32. The van der Waals surface area contributed by atoms with Gasteiger partial charge in [-0.3, -0.25) is 0 Å². The zero-order valence-corrected chi connectivity index (χ0v) is 14.0. The van der Waals surface area contributed by atoms with Crippen LogP contribution in [0.2, 0.25) is 0 Å². The highest BCUT2D eigenvalue weighted by Gasteiger charge is 2.13. The van der Waals surface area contributed by atoms with Crippen molar-refractivity contribution in [2.24, 2.45) is 5.41 Å². The minimum atomic E-state index is 0.0768. The second-order valence-electron chi connectivity index (χ2n) is 6.40. The van der Waals surface area contributed by atoms with Gasteiger partial charge in [-0.25, -0.2) is 0 Å². The molecule has 0 saturated heterocycles. The zero-order valence-electron chi connectivity index (χ0n) is 14.0. The van der Waals surface area contributed by atoms with E-state index in [2.05, 4.69) is 76.6 Å². The molecule has 1 aromatic rings. The van der Waals surface area contributed by atoms with E-state index in [1.54, 1.807) is 0 Å². The summed E-state index contributed by atoms with van der Waals surface area (Å²) in [6.45, 7) is 18.9. The summed E-state index contributed by atoms with van der Waals surface area (Å²) in [7, 11) is 0. The summed E-state index contributed by atoms with van der Waals surface area (Å²) < 4.78 is 0. The molecule has 0 fully saturated rings. The second-order valence-corrected chi connectivity index (χ2v) is 6.40. The molecule has 0 unspecified atom stereocenters. The minimum absolute atomic E-state index is 0.0768. The van der Waals surface area contributed by atoms with E-state index in [4.69, 9.17) is 0 Å². The molecule has 2 nitrogen and oxygen atoms in total. The molecule has 0 aromatic heterocycles. The van der Waals surface area contributed by atoms with Crippen LogP contribution in [-0.4, -0.2) is 0 Å². The fourth-order valence-corrected chi connectivity index (χ4v) is 1.78. The Kier molecular flexibility index (Phi) is 5.83. The van der Waals surface area contributed by atoms with E-state index < -0.39 is 0 Å². The average molecular weight is 284 g/mol. The van der Waals surface area contributed by atoms with Crippen LogP contribution in [0, 0.1) is 12.3 Å². The molecule has 2 N–H and O–H groups in total. The largest absolute Gasteiger partial charge is 0.346 e. The lowest BCUT2D eigenvalue weighted by Gasteiger charge is -2.21. The molecule has 21 heavy (non-hydrogen) atoms. The van der Waals surface area contributed by atoms with Crippen LogP contribution >= 0.6 is 0 Å². The van der Waals surface area contributed by atoms with Gasteiger partial charge in [-0.2, -0.15) is 0 Å². The standard InChI is InChI=1S/C19H28N2/c1-8-17(13-15(3)19(5,6)7)20-16(4)21-18-11-9-10-14(2)12-18/h9-13,20-21H,3-4,8H2,1-2,5-7H3/b17-13+. The van der Waals surface area contributed by atoms with Gasteiger partial charge in [0, 0.05) is 11.4 Å². The Morgan fingerprint density at radius 1 is 1.24 bits per heavy atom. The van der Waals surface area contributed by atoms with Crippen LogP contribution in [0.3, 0.4) is 0 Å². The topological polar surface area (TPSA) is 24.1 Å². The Balaban J connectivity index is 2.71. The van der Waals surface area contributed by atoms with Gasteiger partial charge in [0.25, 0.3) is 0 Å². The zero-order chi connectivity index (χ0) is 16.0. The van der Waals surface area contributed by atoms with Crippen molar-refractivity contribution in [1.82, 2.24) is 5.32 Å². The fourth-order valence-electron chi connectivity index (χ4n) is 1.78. The SMILES string of the molecule is C=C(N/C(=C/C(=C)C(C)(C)C)CC)Nc1cccc(C)c1. The molecule has 1 aromatic carbocycles. The molecule has 0 radical (unpaired) electrons. The lowest BCUT2D eigenvalue weighted by molar-refractivity contribution is 0.517. The number of hydrogen-bond donors (Lipinski definition) is 2. The molecular weight excluding hydrogens is 256 g/mol. The van der Waals surface area contributed by atoms with Crippen molar-refractivity contribution in [3.63, 3.8) is 0 Å². The maximum absolute atomic E-state index is 4.15. The summed E-state index contributed by atoms with van der Waals surface area (Å²) in [5.74, 6) is 0.774. The molecule has 114 valence electrons. The first-order chi connectivity index (χ1) is 9.72. The smallest absolute Gasteiger partial charge is 0.0999 e. The second kappa shape index (κ2) is 7.16. The monoisotopic (exact) mass is 284 g/mol. The highest BCUT2D eigenvalue weighted by atomic mass is 15.1. The van der Waals surface area contributed by atoms with Gasteiger partial charge < -0.3 is 10.6 Å². The third-order valence-electron chi connectivity index (χ3n) is 3.32.